The molecule has 0 amide bonds. The van der Waals surface area contributed by atoms with Crippen LogP contribution in [0.5, 0.6) is 5.88 Å². The maximum absolute atomic E-state index is 5.74. The van der Waals surface area contributed by atoms with E-state index in [1.165, 1.54) is 17.3 Å². The third-order valence-corrected chi connectivity index (χ3v) is 3.54. The molecule has 0 spiro atoms. The highest BCUT2D eigenvalue weighted by atomic mass is 32.1. The molecule has 0 bridgehead atoms. The van der Waals surface area contributed by atoms with Crippen LogP contribution in [-0.4, -0.2) is 40.4 Å². The van der Waals surface area contributed by atoms with Gasteiger partial charge in [0.25, 0.3) is 5.88 Å². The molecular weight excluding hydrogens is 258 g/mol. The number of hydrogen-bond donors (Lipinski definition) is 0. The maximum atomic E-state index is 5.74. The summed E-state index contributed by atoms with van der Waals surface area (Å²) in [6, 6.07) is 0. The van der Waals surface area contributed by atoms with Crippen LogP contribution < -0.4 is 4.74 Å². The Labute approximate surface area is 119 Å². The van der Waals surface area contributed by atoms with Crippen LogP contribution >= 0.6 is 11.7 Å². The van der Waals surface area contributed by atoms with Crippen molar-refractivity contribution in [2.45, 2.75) is 26.2 Å². The molecule has 1 aromatic rings. The first-order valence-corrected chi connectivity index (χ1v) is 7.52. The molecule has 0 radical (unpaired) electrons. The summed E-state index contributed by atoms with van der Waals surface area (Å²) in [5.41, 5.74) is 2.16. The van der Waals surface area contributed by atoms with Crippen molar-refractivity contribution < 1.29 is 4.74 Å². The number of hydrogen-bond acceptors (Lipinski definition) is 5. The van der Waals surface area contributed by atoms with Gasteiger partial charge < -0.3 is 9.64 Å². The number of aromatic nitrogens is 2. The number of allylic oxidation sites excluding steroid dienone is 1. The van der Waals surface area contributed by atoms with Crippen LogP contribution in [0.3, 0.4) is 0 Å². The van der Waals surface area contributed by atoms with Gasteiger partial charge in [-0.2, -0.15) is 4.37 Å². The third-order valence-electron chi connectivity index (χ3n) is 3.03. The quantitative estimate of drug-likeness (QED) is 0.593. The molecule has 5 heteroatoms. The summed E-state index contributed by atoms with van der Waals surface area (Å²) in [4.78, 5) is 2.29. The van der Waals surface area contributed by atoms with Gasteiger partial charge in [0, 0.05) is 13.1 Å². The maximum Gasteiger partial charge on any atom is 0.253 e. The first kappa shape index (κ1) is 14.2. The SMILES string of the molecule is CCC=CCCOc1nsnc1C1=CCCN(C)C1. The largest absolute Gasteiger partial charge is 0.475 e. The number of likely N-dealkylation sites (N-methyl/N-ethyl adjacent to an activating group) is 1. The van der Waals surface area contributed by atoms with E-state index in [1.54, 1.807) is 0 Å². The van der Waals surface area contributed by atoms with Gasteiger partial charge in [-0.25, -0.2) is 0 Å². The molecule has 0 N–H and O–H groups in total. The van der Waals surface area contributed by atoms with Crippen LogP contribution in [-0.2, 0) is 0 Å². The molecule has 0 fully saturated rings. The Kier molecular flexibility index (Phi) is 5.54. The molecule has 1 aliphatic heterocycles. The molecule has 0 aromatic carbocycles. The molecule has 4 nitrogen and oxygen atoms in total. The molecule has 0 atom stereocenters. The molecule has 1 aromatic heterocycles. The predicted octanol–water partition coefficient (Wildman–Crippen LogP) is 2.99. The molecule has 0 unspecified atom stereocenters. The van der Waals surface area contributed by atoms with Crippen molar-refractivity contribution in [2.75, 3.05) is 26.7 Å². The molecule has 2 rings (SSSR count). The summed E-state index contributed by atoms with van der Waals surface area (Å²) in [6.45, 7) is 4.83. The van der Waals surface area contributed by atoms with Crippen molar-refractivity contribution in [2.24, 2.45) is 0 Å². The average Bonchev–Trinajstić information content (AvgIpc) is 2.87. The minimum atomic E-state index is 0.665. The topological polar surface area (TPSA) is 38.3 Å². The summed E-state index contributed by atoms with van der Waals surface area (Å²) in [5.74, 6) is 0.691. The van der Waals surface area contributed by atoms with Gasteiger partial charge in [0.05, 0.1) is 18.3 Å². The van der Waals surface area contributed by atoms with Gasteiger partial charge >= 0.3 is 0 Å². The van der Waals surface area contributed by atoms with E-state index in [0.29, 0.717) is 12.5 Å². The van der Waals surface area contributed by atoms with Crippen LogP contribution in [0.15, 0.2) is 18.2 Å². The first-order chi connectivity index (χ1) is 9.31. The zero-order chi connectivity index (χ0) is 13.5. The summed E-state index contributed by atoms with van der Waals surface area (Å²) in [7, 11) is 2.13. The molecule has 19 heavy (non-hydrogen) atoms. The highest BCUT2D eigenvalue weighted by molar-refractivity contribution is 6.99. The lowest BCUT2D eigenvalue weighted by Gasteiger charge is -2.22. The second-order valence-electron chi connectivity index (χ2n) is 4.69. The van der Waals surface area contributed by atoms with Gasteiger partial charge in [-0.3, -0.25) is 0 Å². The van der Waals surface area contributed by atoms with E-state index >= 15 is 0 Å². The van der Waals surface area contributed by atoms with Gasteiger partial charge in [0.1, 0.15) is 5.69 Å². The van der Waals surface area contributed by atoms with Crippen molar-refractivity contribution in [3.63, 3.8) is 0 Å². The Morgan fingerprint density at radius 1 is 1.42 bits per heavy atom. The van der Waals surface area contributed by atoms with Crippen molar-refractivity contribution in [1.29, 1.82) is 0 Å². The third kappa shape index (κ3) is 4.14. The van der Waals surface area contributed by atoms with Crippen molar-refractivity contribution in [3.05, 3.63) is 23.9 Å². The fraction of sp³-hybridized carbons (Fsp3) is 0.571. The fourth-order valence-corrected chi connectivity index (χ4v) is 2.58. The van der Waals surface area contributed by atoms with Gasteiger partial charge in [-0.05, 0) is 31.9 Å². The fourth-order valence-electron chi connectivity index (χ4n) is 2.04. The number of nitrogens with zero attached hydrogens (tertiary/aromatic N) is 3. The van der Waals surface area contributed by atoms with E-state index in [9.17, 15) is 0 Å². The molecule has 2 heterocycles. The van der Waals surface area contributed by atoms with E-state index in [4.69, 9.17) is 4.74 Å². The van der Waals surface area contributed by atoms with E-state index in [2.05, 4.69) is 45.8 Å². The highest BCUT2D eigenvalue weighted by Gasteiger charge is 2.18. The Bertz CT molecular complexity index is 453. The average molecular weight is 279 g/mol. The van der Waals surface area contributed by atoms with Gasteiger partial charge in [-0.1, -0.05) is 25.2 Å². The summed E-state index contributed by atoms with van der Waals surface area (Å²) >= 11 is 1.23. The second kappa shape index (κ2) is 7.40. The minimum absolute atomic E-state index is 0.665. The normalized spacial score (nSPS) is 16.8. The number of rotatable bonds is 6. The Morgan fingerprint density at radius 3 is 3.11 bits per heavy atom. The van der Waals surface area contributed by atoms with E-state index in [0.717, 1.165) is 38.0 Å². The molecule has 0 aliphatic carbocycles. The van der Waals surface area contributed by atoms with Crippen molar-refractivity contribution in [1.82, 2.24) is 13.6 Å². The van der Waals surface area contributed by atoms with Crippen molar-refractivity contribution >= 4 is 17.3 Å². The van der Waals surface area contributed by atoms with Crippen molar-refractivity contribution in [3.8, 4) is 5.88 Å². The highest BCUT2D eigenvalue weighted by Crippen LogP contribution is 2.26. The summed E-state index contributed by atoms with van der Waals surface area (Å²) < 4.78 is 14.4. The molecule has 0 saturated carbocycles. The first-order valence-electron chi connectivity index (χ1n) is 6.79. The molecular formula is C14H21N3OS. The van der Waals surface area contributed by atoms with E-state index in [1.807, 2.05) is 0 Å². The Morgan fingerprint density at radius 2 is 2.32 bits per heavy atom. The minimum Gasteiger partial charge on any atom is -0.475 e. The van der Waals surface area contributed by atoms with E-state index < -0.39 is 0 Å². The molecule has 1 aliphatic rings. The standard InChI is InChI=1S/C14H21N3OS/c1-3-4-5-6-10-18-14-13(15-19-16-14)12-8-7-9-17(2)11-12/h4-5,8H,3,6-7,9-11H2,1-2H3. The van der Waals surface area contributed by atoms with Crippen LogP contribution in [0.2, 0.25) is 0 Å². The monoisotopic (exact) mass is 279 g/mol. The zero-order valence-corrected chi connectivity index (χ0v) is 12.4. The van der Waals surface area contributed by atoms with Gasteiger partial charge in [0.15, 0.2) is 0 Å². The molecule has 0 saturated heterocycles. The van der Waals surface area contributed by atoms with Gasteiger partial charge in [-0.15, -0.1) is 4.37 Å². The lowest BCUT2D eigenvalue weighted by Crippen LogP contribution is -2.25. The Balaban J connectivity index is 1.94. The van der Waals surface area contributed by atoms with Crippen LogP contribution in [0, 0.1) is 0 Å². The van der Waals surface area contributed by atoms with Crippen LogP contribution in [0.25, 0.3) is 5.57 Å². The Hall–Kier alpha value is -1.20. The van der Waals surface area contributed by atoms with Crippen LogP contribution in [0.4, 0.5) is 0 Å². The zero-order valence-electron chi connectivity index (χ0n) is 11.6. The lowest BCUT2D eigenvalue weighted by atomic mass is 10.1. The lowest BCUT2D eigenvalue weighted by molar-refractivity contribution is 0.312. The molecule has 104 valence electrons. The summed E-state index contributed by atoms with van der Waals surface area (Å²) in [5, 5.41) is 0. The predicted molar refractivity (Wildman–Crippen MR) is 79.5 cm³/mol. The van der Waals surface area contributed by atoms with Gasteiger partial charge in [0.2, 0.25) is 0 Å². The van der Waals surface area contributed by atoms with E-state index in [-0.39, 0.29) is 0 Å². The second-order valence-corrected chi connectivity index (χ2v) is 5.22. The summed E-state index contributed by atoms with van der Waals surface area (Å²) in [6.07, 6.45) is 9.62. The smallest absolute Gasteiger partial charge is 0.253 e. The number of ether oxygens (including phenoxy) is 1. The van der Waals surface area contributed by atoms with Crippen LogP contribution in [0.1, 0.15) is 31.9 Å².